The normalized spacial score (nSPS) is 22.1. The smallest absolute Gasteiger partial charge is 0.341 e. The molecule has 1 saturated heterocycles. The fraction of sp³-hybridized carbons (Fsp3) is 0.333. The number of nitrogens with two attached hydrogens (primary N) is 1. The average Bonchev–Trinajstić information content (AvgIpc) is 3.28. The van der Waals surface area contributed by atoms with Gasteiger partial charge in [0.1, 0.15) is 11.4 Å². The molecule has 2 atom stereocenters. The second-order valence-electron chi connectivity index (χ2n) is 7.01. The van der Waals surface area contributed by atoms with Gasteiger partial charge in [0.2, 0.25) is 5.43 Å². The number of carboxylic acids is 1. The van der Waals surface area contributed by atoms with Gasteiger partial charge in [-0.3, -0.25) is 9.36 Å². The van der Waals surface area contributed by atoms with E-state index in [-0.39, 0.29) is 17.1 Å². The van der Waals surface area contributed by atoms with Gasteiger partial charge in [0, 0.05) is 38.0 Å². The summed E-state index contributed by atoms with van der Waals surface area (Å²) in [5.74, 6) is -0.654. The number of pyridine rings is 2. The van der Waals surface area contributed by atoms with Crippen molar-refractivity contribution in [1.82, 2.24) is 14.5 Å². The van der Waals surface area contributed by atoms with Crippen molar-refractivity contribution in [3.05, 3.63) is 45.7 Å². The zero-order chi connectivity index (χ0) is 20.1. The van der Waals surface area contributed by atoms with Gasteiger partial charge >= 0.3 is 5.97 Å². The van der Waals surface area contributed by atoms with Gasteiger partial charge in [-0.15, -0.1) is 11.3 Å². The van der Waals surface area contributed by atoms with Crippen molar-refractivity contribution in [3.63, 3.8) is 0 Å². The summed E-state index contributed by atoms with van der Waals surface area (Å²) in [4.78, 5) is 35.0. The molecule has 3 aromatic heterocycles. The van der Waals surface area contributed by atoms with Gasteiger partial charge in [0.15, 0.2) is 10.8 Å². The van der Waals surface area contributed by atoms with E-state index in [1.807, 2.05) is 11.8 Å². The zero-order valence-corrected chi connectivity index (χ0v) is 16.1. The first-order valence-corrected chi connectivity index (χ1v) is 9.46. The molecule has 10 heteroatoms. The molecular weight excluding hydrogens is 382 g/mol. The highest BCUT2D eigenvalue weighted by atomic mass is 32.1. The number of hydrogen-bond donors (Lipinski definition) is 2. The third-order valence-corrected chi connectivity index (χ3v) is 5.72. The highest BCUT2D eigenvalue weighted by Gasteiger charge is 2.41. The summed E-state index contributed by atoms with van der Waals surface area (Å²) in [6.07, 6.45) is 2.73. The first kappa shape index (κ1) is 18.5. The van der Waals surface area contributed by atoms with Crippen LogP contribution in [0.2, 0.25) is 0 Å². The van der Waals surface area contributed by atoms with Crippen LogP contribution in [-0.4, -0.2) is 57.5 Å². The van der Waals surface area contributed by atoms with Crippen molar-refractivity contribution in [2.75, 3.05) is 25.1 Å². The summed E-state index contributed by atoms with van der Waals surface area (Å²) < 4.78 is 7.03. The predicted molar refractivity (Wildman–Crippen MR) is 106 cm³/mol. The zero-order valence-electron chi connectivity index (χ0n) is 15.3. The maximum atomic E-state index is 12.6. The van der Waals surface area contributed by atoms with Crippen molar-refractivity contribution < 1.29 is 14.6 Å². The van der Waals surface area contributed by atoms with Crippen molar-refractivity contribution >= 4 is 34.2 Å². The molecule has 4 rings (SSSR count). The molecule has 4 heterocycles. The van der Waals surface area contributed by atoms with Crippen LogP contribution in [0.3, 0.4) is 0 Å². The lowest BCUT2D eigenvalue weighted by molar-refractivity contribution is 0.0695. The van der Waals surface area contributed by atoms with Crippen molar-refractivity contribution in [2.45, 2.75) is 18.6 Å². The van der Waals surface area contributed by atoms with Gasteiger partial charge in [-0.1, -0.05) is 0 Å². The lowest BCUT2D eigenvalue weighted by atomic mass is 10.0. The lowest BCUT2D eigenvalue weighted by Crippen LogP contribution is -2.48. The third-order valence-electron chi connectivity index (χ3n) is 4.95. The molecule has 0 aliphatic carbocycles. The van der Waals surface area contributed by atoms with E-state index >= 15 is 0 Å². The van der Waals surface area contributed by atoms with Crippen LogP contribution < -0.4 is 16.1 Å². The van der Waals surface area contributed by atoms with Crippen molar-refractivity contribution in [3.8, 4) is 5.13 Å². The Morgan fingerprint density at radius 3 is 2.86 bits per heavy atom. The van der Waals surface area contributed by atoms with E-state index in [2.05, 4.69) is 9.97 Å². The van der Waals surface area contributed by atoms with Crippen LogP contribution in [0.4, 0.5) is 5.82 Å². The number of thiazole rings is 1. The molecule has 0 radical (unpaired) electrons. The Morgan fingerprint density at radius 2 is 2.25 bits per heavy atom. The van der Waals surface area contributed by atoms with E-state index < -0.39 is 16.9 Å². The molecule has 3 aromatic rings. The summed E-state index contributed by atoms with van der Waals surface area (Å²) in [6.45, 7) is 3.03. The van der Waals surface area contributed by atoms with E-state index in [0.717, 1.165) is 0 Å². The number of rotatable bonds is 4. The van der Waals surface area contributed by atoms with E-state index in [1.165, 1.54) is 17.5 Å². The Labute approximate surface area is 164 Å². The van der Waals surface area contributed by atoms with Crippen LogP contribution in [0, 0.1) is 0 Å². The van der Waals surface area contributed by atoms with E-state index in [0.29, 0.717) is 29.7 Å². The minimum absolute atomic E-state index is 0.152. The molecule has 9 nitrogen and oxygen atoms in total. The summed E-state index contributed by atoms with van der Waals surface area (Å²) in [7, 11) is 1.63. The molecule has 1 aliphatic rings. The van der Waals surface area contributed by atoms with Crippen LogP contribution in [0.25, 0.3) is 16.2 Å². The Morgan fingerprint density at radius 1 is 1.46 bits per heavy atom. The standard InChI is InChI=1S/C18H19N5O4S/c1-18(19)9-22(8-12(18)27-2)13-4-3-10-14(24)11(16(25)26)7-23(15(10)21-13)17-20-5-6-28-17/h3-7,12H,8-9,19H2,1-2H3,(H,25,26). The summed E-state index contributed by atoms with van der Waals surface area (Å²) in [5.41, 5.74) is 5.25. The Hall–Kier alpha value is -2.82. The second-order valence-corrected chi connectivity index (χ2v) is 7.89. The SMILES string of the molecule is COC1CN(c2ccc3c(=O)c(C(=O)O)cn(-c4nccs4)c3n2)CC1(C)N. The number of ether oxygens (including phenoxy) is 1. The predicted octanol–water partition coefficient (Wildman–Crippen LogP) is 1.09. The lowest BCUT2D eigenvalue weighted by Gasteiger charge is -2.23. The van der Waals surface area contributed by atoms with Gasteiger partial charge < -0.3 is 20.5 Å². The number of hydrogen-bond acceptors (Lipinski definition) is 8. The first-order valence-electron chi connectivity index (χ1n) is 8.58. The molecule has 0 saturated carbocycles. The van der Waals surface area contributed by atoms with Gasteiger partial charge in [0.25, 0.3) is 0 Å². The quantitative estimate of drug-likeness (QED) is 0.666. The number of carboxylic acid groups (broad SMARTS) is 1. The maximum absolute atomic E-state index is 12.6. The fourth-order valence-electron chi connectivity index (χ4n) is 3.51. The highest BCUT2D eigenvalue weighted by Crippen LogP contribution is 2.27. The third kappa shape index (κ3) is 2.95. The molecule has 0 amide bonds. The molecule has 1 aliphatic heterocycles. The van der Waals surface area contributed by atoms with Crippen LogP contribution >= 0.6 is 11.3 Å². The van der Waals surface area contributed by atoms with Crippen molar-refractivity contribution in [2.24, 2.45) is 5.73 Å². The first-order chi connectivity index (χ1) is 13.3. The van der Waals surface area contributed by atoms with Crippen LogP contribution in [0.15, 0.2) is 34.7 Å². The topological polar surface area (TPSA) is 124 Å². The molecule has 0 aromatic carbocycles. The molecular formula is C18H19N5O4S. The number of nitrogens with zero attached hydrogens (tertiary/aromatic N) is 4. The number of aromatic carboxylic acids is 1. The van der Waals surface area contributed by atoms with Crippen LogP contribution in [-0.2, 0) is 4.74 Å². The van der Waals surface area contributed by atoms with Crippen LogP contribution in [0.5, 0.6) is 0 Å². The number of anilines is 1. The Bertz CT molecular complexity index is 1110. The molecule has 0 spiro atoms. The Balaban J connectivity index is 1.90. The Kier molecular flexibility index (Phi) is 4.41. The number of fused-ring (bicyclic) bond motifs is 1. The molecule has 146 valence electrons. The number of aromatic nitrogens is 3. The van der Waals surface area contributed by atoms with Gasteiger partial charge in [-0.05, 0) is 19.1 Å². The molecule has 1 fully saturated rings. The van der Waals surface area contributed by atoms with Crippen LogP contribution in [0.1, 0.15) is 17.3 Å². The van der Waals surface area contributed by atoms with E-state index in [1.54, 1.807) is 35.4 Å². The average molecular weight is 401 g/mol. The van der Waals surface area contributed by atoms with E-state index in [4.69, 9.17) is 10.5 Å². The van der Waals surface area contributed by atoms with E-state index in [9.17, 15) is 14.7 Å². The number of carbonyl (C=O) groups is 1. The number of methoxy groups -OCH3 is 1. The largest absolute Gasteiger partial charge is 0.477 e. The van der Waals surface area contributed by atoms with Gasteiger partial charge in [-0.2, -0.15) is 0 Å². The van der Waals surface area contributed by atoms with Gasteiger partial charge in [-0.25, -0.2) is 14.8 Å². The summed E-state index contributed by atoms with van der Waals surface area (Å²) in [6, 6.07) is 3.31. The minimum atomic E-state index is -1.29. The molecule has 0 bridgehead atoms. The molecule has 2 unspecified atom stereocenters. The summed E-state index contributed by atoms with van der Waals surface area (Å²) >= 11 is 1.32. The van der Waals surface area contributed by atoms with Crippen molar-refractivity contribution in [1.29, 1.82) is 0 Å². The fourth-order valence-corrected chi connectivity index (χ4v) is 4.12. The summed E-state index contributed by atoms with van der Waals surface area (Å²) in [5, 5.41) is 11.9. The molecule has 3 N–H and O–H groups in total. The highest BCUT2D eigenvalue weighted by molar-refractivity contribution is 7.12. The maximum Gasteiger partial charge on any atom is 0.341 e. The minimum Gasteiger partial charge on any atom is -0.477 e. The van der Waals surface area contributed by atoms with Gasteiger partial charge in [0.05, 0.1) is 17.0 Å². The molecule has 28 heavy (non-hydrogen) atoms. The monoisotopic (exact) mass is 401 g/mol. The second kappa shape index (κ2) is 6.66.